The summed E-state index contributed by atoms with van der Waals surface area (Å²) in [5, 5.41) is 12.2. The molecule has 16 heavy (non-hydrogen) atoms. The molecule has 0 aromatic rings. The zero-order valence-electron chi connectivity index (χ0n) is 9.90. The molecular weight excluding hydrogens is 214 g/mol. The fourth-order valence-corrected chi connectivity index (χ4v) is 0.953. The van der Waals surface area contributed by atoms with Crippen LogP contribution in [0.1, 0.15) is 6.92 Å². The number of carbonyl (C=O) groups is 1. The van der Waals surface area contributed by atoms with Gasteiger partial charge in [0.2, 0.25) is 0 Å². The molecule has 0 aliphatic carbocycles. The first-order valence-electron chi connectivity index (χ1n) is 5.31. The molecule has 0 aromatic heterocycles. The summed E-state index contributed by atoms with van der Waals surface area (Å²) < 4.78 is 14.6. The average Bonchev–Trinajstić information content (AvgIpc) is 2.28. The van der Waals surface area contributed by atoms with E-state index in [9.17, 15) is 9.90 Å². The van der Waals surface area contributed by atoms with Gasteiger partial charge in [-0.2, -0.15) is 0 Å². The fourth-order valence-electron chi connectivity index (χ4n) is 0.953. The van der Waals surface area contributed by atoms with Gasteiger partial charge in [0.05, 0.1) is 39.6 Å². The molecule has 1 atom stereocenters. The van der Waals surface area contributed by atoms with E-state index in [0.29, 0.717) is 26.4 Å². The lowest BCUT2D eigenvalue weighted by molar-refractivity contribution is -0.139. The lowest BCUT2D eigenvalue weighted by atomic mass is 10.4. The normalized spacial score (nSPS) is 12.4. The summed E-state index contributed by atoms with van der Waals surface area (Å²) in [5.74, 6) is -0.357. The summed E-state index contributed by atoms with van der Waals surface area (Å²) in [6.07, 6.45) is -0.633. The number of hydrogen-bond acceptors (Lipinski definition) is 6. The molecule has 0 spiro atoms. The third kappa shape index (κ3) is 9.85. The SMILES string of the molecule is CCOCCOCC(O)CNCC(=O)OC. The summed E-state index contributed by atoms with van der Waals surface area (Å²) >= 11 is 0. The van der Waals surface area contributed by atoms with Gasteiger partial charge in [-0.1, -0.05) is 0 Å². The number of carbonyl (C=O) groups excluding carboxylic acids is 1. The Hall–Kier alpha value is -0.690. The highest BCUT2D eigenvalue weighted by atomic mass is 16.5. The van der Waals surface area contributed by atoms with Crippen molar-refractivity contribution in [2.45, 2.75) is 13.0 Å². The van der Waals surface area contributed by atoms with Gasteiger partial charge in [0.25, 0.3) is 0 Å². The van der Waals surface area contributed by atoms with Gasteiger partial charge in [0, 0.05) is 13.2 Å². The van der Waals surface area contributed by atoms with Gasteiger partial charge in [-0.15, -0.1) is 0 Å². The summed E-state index contributed by atoms with van der Waals surface area (Å²) in [7, 11) is 1.32. The van der Waals surface area contributed by atoms with Crippen LogP contribution in [0.5, 0.6) is 0 Å². The van der Waals surface area contributed by atoms with Gasteiger partial charge < -0.3 is 24.6 Å². The van der Waals surface area contributed by atoms with Crippen molar-refractivity contribution in [2.24, 2.45) is 0 Å². The van der Waals surface area contributed by atoms with Crippen molar-refractivity contribution in [3.05, 3.63) is 0 Å². The number of aliphatic hydroxyl groups excluding tert-OH is 1. The molecule has 0 heterocycles. The van der Waals surface area contributed by atoms with Crippen LogP contribution in [-0.2, 0) is 19.0 Å². The molecule has 0 saturated heterocycles. The molecule has 96 valence electrons. The quantitative estimate of drug-likeness (QED) is 0.380. The van der Waals surface area contributed by atoms with Crippen LogP contribution in [0, 0.1) is 0 Å². The standard InChI is InChI=1S/C10H21NO5/c1-3-15-4-5-16-8-9(12)6-11-7-10(13)14-2/h9,11-12H,3-8H2,1-2H3. The molecule has 0 amide bonds. The highest BCUT2D eigenvalue weighted by molar-refractivity contribution is 5.71. The minimum absolute atomic E-state index is 0.0898. The monoisotopic (exact) mass is 235 g/mol. The molecule has 0 aliphatic rings. The van der Waals surface area contributed by atoms with Crippen LogP contribution >= 0.6 is 0 Å². The molecule has 1 unspecified atom stereocenters. The molecule has 2 N–H and O–H groups in total. The Morgan fingerprint density at radius 2 is 2.06 bits per heavy atom. The Kier molecular flexibility index (Phi) is 10.3. The lowest BCUT2D eigenvalue weighted by Crippen LogP contribution is -2.34. The molecular formula is C10H21NO5. The van der Waals surface area contributed by atoms with Crippen LogP contribution in [0.15, 0.2) is 0 Å². The first-order valence-corrected chi connectivity index (χ1v) is 5.31. The van der Waals surface area contributed by atoms with E-state index in [-0.39, 0.29) is 19.1 Å². The molecule has 6 heteroatoms. The third-order valence-corrected chi connectivity index (χ3v) is 1.76. The lowest BCUT2D eigenvalue weighted by Gasteiger charge is -2.11. The van der Waals surface area contributed by atoms with Gasteiger partial charge >= 0.3 is 5.97 Å². The summed E-state index contributed by atoms with van der Waals surface area (Å²) in [6, 6.07) is 0. The minimum atomic E-state index is -0.633. The maximum atomic E-state index is 10.7. The second kappa shape index (κ2) is 10.8. The number of methoxy groups -OCH3 is 1. The number of esters is 1. The maximum Gasteiger partial charge on any atom is 0.319 e. The van der Waals surface area contributed by atoms with E-state index in [1.54, 1.807) is 0 Å². The Bertz CT molecular complexity index is 177. The highest BCUT2D eigenvalue weighted by Crippen LogP contribution is 1.85. The smallest absolute Gasteiger partial charge is 0.319 e. The first-order chi connectivity index (χ1) is 7.70. The Morgan fingerprint density at radius 3 is 2.69 bits per heavy atom. The van der Waals surface area contributed by atoms with E-state index in [1.807, 2.05) is 6.92 Å². The van der Waals surface area contributed by atoms with E-state index in [1.165, 1.54) is 7.11 Å². The largest absolute Gasteiger partial charge is 0.468 e. The molecule has 0 aromatic carbocycles. The molecule has 0 bridgehead atoms. The van der Waals surface area contributed by atoms with Crippen LogP contribution in [0.3, 0.4) is 0 Å². The summed E-state index contributed by atoms with van der Waals surface area (Å²) in [4.78, 5) is 10.7. The second-order valence-electron chi connectivity index (χ2n) is 3.13. The van der Waals surface area contributed by atoms with Gasteiger partial charge in [-0.3, -0.25) is 4.79 Å². The Labute approximate surface area is 95.9 Å². The molecule has 0 radical (unpaired) electrons. The van der Waals surface area contributed by atoms with Crippen LogP contribution in [-0.4, -0.2) is 63.8 Å². The van der Waals surface area contributed by atoms with Gasteiger partial charge in [-0.05, 0) is 6.92 Å². The minimum Gasteiger partial charge on any atom is -0.468 e. The maximum absolute atomic E-state index is 10.7. The zero-order valence-corrected chi connectivity index (χ0v) is 9.90. The topological polar surface area (TPSA) is 77.0 Å². The summed E-state index contributed by atoms with van der Waals surface area (Å²) in [5.41, 5.74) is 0. The van der Waals surface area contributed by atoms with Crippen molar-refractivity contribution >= 4 is 5.97 Å². The molecule has 0 saturated carbocycles. The Morgan fingerprint density at radius 1 is 1.38 bits per heavy atom. The van der Waals surface area contributed by atoms with Crippen molar-refractivity contribution in [1.29, 1.82) is 0 Å². The van der Waals surface area contributed by atoms with E-state index in [0.717, 1.165) is 0 Å². The fraction of sp³-hybridized carbons (Fsp3) is 0.900. The van der Waals surface area contributed by atoms with E-state index < -0.39 is 6.10 Å². The first kappa shape index (κ1) is 15.3. The van der Waals surface area contributed by atoms with Crippen LogP contribution < -0.4 is 5.32 Å². The van der Waals surface area contributed by atoms with Gasteiger partial charge in [0.15, 0.2) is 0 Å². The van der Waals surface area contributed by atoms with Crippen LogP contribution in [0.4, 0.5) is 0 Å². The molecule has 0 fully saturated rings. The number of aliphatic hydroxyl groups is 1. The second-order valence-corrected chi connectivity index (χ2v) is 3.13. The van der Waals surface area contributed by atoms with Crippen molar-refractivity contribution in [1.82, 2.24) is 5.32 Å². The van der Waals surface area contributed by atoms with Crippen molar-refractivity contribution in [3.63, 3.8) is 0 Å². The highest BCUT2D eigenvalue weighted by Gasteiger charge is 2.05. The predicted octanol–water partition coefficient (Wildman–Crippen LogP) is -0.837. The number of ether oxygens (including phenoxy) is 3. The summed E-state index contributed by atoms with van der Waals surface area (Å²) in [6.45, 7) is 4.16. The molecule has 6 nitrogen and oxygen atoms in total. The van der Waals surface area contributed by atoms with E-state index in [4.69, 9.17) is 9.47 Å². The van der Waals surface area contributed by atoms with Crippen molar-refractivity contribution in [2.75, 3.05) is 46.6 Å². The van der Waals surface area contributed by atoms with Crippen molar-refractivity contribution < 1.29 is 24.1 Å². The van der Waals surface area contributed by atoms with Gasteiger partial charge in [0.1, 0.15) is 0 Å². The number of hydrogen-bond donors (Lipinski definition) is 2. The number of nitrogens with one attached hydrogen (secondary N) is 1. The number of rotatable bonds is 10. The van der Waals surface area contributed by atoms with Crippen LogP contribution in [0.2, 0.25) is 0 Å². The predicted molar refractivity (Wildman–Crippen MR) is 58.2 cm³/mol. The Balaban J connectivity index is 3.24. The average molecular weight is 235 g/mol. The zero-order chi connectivity index (χ0) is 12.2. The van der Waals surface area contributed by atoms with E-state index >= 15 is 0 Å². The van der Waals surface area contributed by atoms with Crippen molar-refractivity contribution in [3.8, 4) is 0 Å². The third-order valence-electron chi connectivity index (χ3n) is 1.76. The van der Waals surface area contributed by atoms with E-state index in [2.05, 4.69) is 10.1 Å². The van der Waals surface area contributed by atoms with Crippen LogP contribution in [0.25, 0.3) is 0 Å². The van der Waals surface area contributed by atoms with Gasteiger partial charge in [-0.25, -0.2) is 0 Å². The molecule has 0 rings (SSSR count). The molecule has 0 aliphatic heterocycles.